The molecule has 2 aliphatic heterocycles. The number of carbonyl (C=O) groups excluding carboxylic acids is 2. The van der Waals surface area contributed by atoms with Gasteiger partial charge in [0.2, 0.25) is 5.91 Å². The maximum Gasteiger partial charge on any atom is 0.269 e. The predicted molar refractivity (Wildman–Crippen MR) is 130 cm³/mol. The number of nitro benzene ring substituents is 1. The quantitative estimate of drug-likeness (QED) is 0.244. The molecule has 2 saturated heterocycles. The normalized spacial score (nSPS) is 21.5. The van der Waals surface area contributed by atoms with E-state index < -0.39 is 28.9 Å². The van der Waals surface area contributed by atoms with Crippen molar-refractivity contribution in [2.45, 2.75) is 12.1 Å². The number of hydroxylamine groups is 1. The molecule has 172 valence electrons. The first kappa shape index (κ1) is 21.0. The van der Waals surface area contributed by atoms with E-state index in [2.05, 4.69) is 0 Å². The number of rotatable bonds is 4. The van der Waals surface area contributed by atoms with Crippen LogP contribution in [0.1, 0.15) is 11.6 Å². The van der Waals surface area contributed by atoms with E-state index in [1.54, 1.807) is 23.3 Å². The lowest BCUT2D eigenvalue weighted by molar-refractivity contribution is -0.384. The van der Waals surface area contributed by atoms with Crippen LogP contribution in [0.3, 0.4) is 0 Å². The van der Waals surface area contributed by atoms with Gasteiger partial charge in [-0.2, -0.15) is 0 Å². The zero-order valence-electron chi connectivity index (χ0n) is 18.4. The van der Waals surface area contributed by atoms with E-state index >= 15 is 0 Å². The van der Waals surface area contributed by atoms with Crippen LogP contribution in [0.4, 0.5) is 17.1 Å². The highest BCUT2D eigenvalue weighted by molar-refractivity contribution is 6.26. The molecule has 0 bridgehead atoms. The maximum absolute atomic E-state index is 13.9. The van der Waals surface area contributed by atoms with Crippen LogP contribution in [0.5, 0.6) is 0 Å². The molecular formula is C27H19N3O5. The largest absolute Gasteiger partial charge is 0.273 e. The Morgan fingerprint density at radius 3 is 2.20 bits per heavy atom. The third-order valence-electron chi connectivity index (χ3n) is 6.58. The van der Waals surface area contributed by atoms with Crippen LogP contribution in [0, 0.1) is 16.0 Å². The fraction of sp³-hybridized carbons (Fsp3) is 0.111. The summed E-state index contributed by atoms with van der Waals surface area (Å²) >= 11 is 0. The number of nitro groups is 1. The van der Waals surface area contributed by atoms with Gasteiger partial charge < -0.3 is 0 Å². The molecule has 8 nitrogen and oxygen atoms in total. The van der Waals surface area contributed by atoms with Gasteiger partial charge in [-0.1, -0.05) is 66.7 Å². The number of benzene rings is 4. The van der Waals surface area contributed by atoms with Crippen molar-refractivity contribution < 1.29 is 19.3 Å². The predicted octanol–water partition coefficient (Wildman–Crippen LogP) is 4.80. The molecule has 3 atom stereocenters. The highest BCUT2D eigenvalue weighted by Crippen LogP contribution is 2.48. The van der Waals surface area contributed by atoms with E-state index in [4.69, 9.17) is 4.84 Å². The molecule has 0 radical (unpaired) electrons. The van der Waals surface area contributed by atoms with Crippen LogP contribution in [-0.4, -0.2) is 22.8 Å². The fourth-order valence-electron chi connectivity index (χ4n) is 4.99. The van der Waals surface area contributed by atoms with Crippen molar-refractivity contribution in [3.63, 3.8) is 0 Å². The number of non-ortho nitro benzene ring substituents is 1. The number of hydrogen-bond acceptors (Lipinski definition) is 6. The average Bonchev–Trinajstić information content (AvgIpc) is 3.40. The number of carbonyl (C=O) groups is 2. The van der Waals surface area contributed by atoms with Gasteiger partial charge in [0.25, 0.3) is 11.6 Å². The number of nitrogens with zero attached hydrogens (tertiary/aromatic N) is 3. The molecular weight excluding hydrogens is 446 g/mol. The van der Waals surface area contributed by atoms with Crippen molar-refractivity contribution in [3.05, 3.63) is 113 Å². The summed E-state index contributed by atoms with van der Waals surface area (Å²) in [6.45, 7) is 0. The van der Waals surface area contributed by atoms with E-state index in [9.17, 15) is 19.7 Å². The van der Waals surface area contributed by atoms with Crippen LogP contribution >= 0.6 is 0 Å². The van der Waals surface area contributed by atoms with Gasteiger partial charge in [-0.3, -0.25) is 24.5 Å². The van der Waals surface area contributed by atoms with Crippen LogP contribution in [0.2, 0.25) is 0 Å². The Labute approximate surface area is 200 Å². The molecule has 4 aromatic carbocycles. The molecule has 6 rings (SSSR count). The van der Waals surface area contributed by atoms with E-state index in [0.717, 1.165) is 10.8 Å². The van der Waals surface area contributed by atoms with Gasteiger partial charge in [-0.25, -0.2) is 9.96 Å². The minimum atomic E-state index is -1.01. The number of anilines is 2. The summed E-state index contributed by atoms with van der Waals surface area (Å²) in [5, 5.41) is 14.5. The van der Waals surface area contributed by atoms with Gasteiger partial charge in [-0.05, 0) is 29.1 Å². The van der Waals surface area contributed by atoms with E-state index in [-0.39, 0.29) is 11.6 Å². The summed E-state index contributed by atoms with van der Waals surface area (Å²) in [6.07, 6.45) is -1.01. The molecule has 0 aliphatic carbocycles. The Balaban J connectivity index is 1.45. The lowest BCUT2D eigenvalue weighted by Gasteiger charge is -2.29. The zero-order chi connectivity index (χ0) is 24.1. The molecule has 0 aromatic heterocycles. The van der Waals surface area contributed by atoms with E-state index in [0.29, 0.717) is 16.9 Å². The molecule has 0 unspecified atom stereocenters. The number of fused-ring (bicyclic) bond motifs is 2. The fourth-order valence-corrected chi connectivity index (χ4v) is 4.99. The second-order valence-corrected chi connectivity index (χ2v) is 8.52. The highest BCUT2D eigenvalue weighted by Gasteiger charge is 2.60. The third-order valence-corrected chi connectivity index (χ3v) is 6.58. The number of imide groups is 1. The highest BCUT2D eigenvalue weighted by atomic mass is 16.7. The van der Waals surface area contributed by atoms with Gasteiger partial charge in [0.05, 0.1) is 22.3 Å². The van der Waals surface area contributed by atoms with Crippen molar-refractivity contribution >= 4 is 39.6 Å². The second-order valence-electron chi connectivity index (χ2n) is 8.52. The van der Waals surface area contributed by atoms with Gasteiger partial charge in [-0.15, -0.1) is 0 Å². The standard InChI is InChI=1S/C27H19N3O5/c31-26-23-24(18-13-15-20(16-14-18)30(33)34)29(19-9-2-1-3-10-19)35-25(23)27(32)28(26)22-12-6-8-17-7-4-5-11-21(17)22/h1-16,23-25H/t23-,24-,25+/m1/s1. The van der Waals surface area contributed by atoms with E-state index in [1.165, 1.54) is 17.0 Å². The van der Waals surface area contributed by atoms with Crippen LogP contribution in [-0.2, 0) is 14.4 Å². The smallest absolute Gasteiger partial charge is 0.269 e. The lowest BCUT2D eigenvalue weighted by atomic mass is 9.90. The van der Waals surface area contributed by atoms with Crippen molar-refractivity contribution in [1.29, 1.82) is 0 Å². The van der Waals surface area contributed by atoms with Gasteiger partial charge >= 0.3 is 0 Å². The monoisotopic (exact) mass is 465 g/mol. The summed E-state index contributed by atoms with van der Waals surface area (Å²) in [4.78, 5) is 45.5. The second kappa shape index (κ2) is 8.03. The Kier molecular flexibility index (Phi) is 4.82. The minimum Gasteiger partial charge on any atom is -0.273 e. The number of hydrogen-bond donors (Lipinski definition) is 0. The first-order valence-electron chi connectivity index (χ1n) is 11.2. The summed E-state index contributed by atoms with van der Waals surface area (Å²) in [5.74, 6) is -1.61. The molecule has 4 aromatic rings. The molecule has 2 fully saturated rings. The first-order chi connectivity index (χ1) is 17.0. The van der Waals surface area contributed by atoms with Gasteiger partial charge in [0, 0.05) is 17.5 Å². The Bertz CT molecular complexity index is 1470. The SMILES string of the molecule is O=C1[C@H]2[C@H](ON(c3ccccc3)[C@@H]2c2ccc([N+](=O)[O-])cc2)C(=O)N1c1cccc2ccccc12. The molecule has 0 N–H and O–H groups in total. The summed E-state index contributed by atoms with van der Waals surface area (Å²) in [5.41, 5.74) is 1.79. The number of para-hydroxylation sites is 1. The molecule has 2 heterocycles. The Hall–Kier alpha value is -4.56. The average molecular weight is 465 g/mol. The Morgan fingerprint density at radius 1 is 0.771 bits per heavy atom. The topological polar surface area (TPSA) is 93.0 Å². The van der Waals surface area contributed by atoms with Crippen LogP contribution < -0.4 is 9.96 Å². The lowest BCUT2D eigenvalue weighted by Crippen LogP contribution is -2.37. The minimum absolute atomic E-state index is 0.0540. The van der Waals surface area contributed by atoms with Crippen molar-refractivity contribution in [1.82, 2.24) is 0 Å². The van der Waals surface area contributed by atoms with Crippen molar-refractivity contribution in [3.8, 4) is 0 Å². The molecule has 0 spiro atoms. The molecule has 8 heteroatoms. The molecule has 2 amide bonds. The third kappa shape index (κ3) is 3.26. The zero-order valence-corrected chi connectivity index (χ0v) is 18.4. The van der Waals surface area contributed by atoms with Crippen molar-refractivity contribution in [2.24, 2.45) is 5.92 Å². The summed E-state index contributed by atoms with van der Waals surface area (Å²) in [7, 11) is 0. The van der Waals surface area contributed by atoms with Gasteiger partial charge in [0.1, 0.15) is 5.92 Å². The van der Waals surface area contributed by atoms with E-state index in [1.807, 2.05) is 66.7 Å². The van der Waals surface area contributed by atoms with Crippen LogP contribution in [0.25, 0.3) is 10.8 Å². The molecule has 2 aliphatic rings. The Morgan fingerprint density at radius 2 is 1.46 bits per heavy atom. The summed E-state index contributed by atoms with van der Waals surface area (Å²) in [6, 6.07) is 27.7. The number of amides is 2. The van der Waals surface area contributed by atoms with Gasteiger partial charge in [0.15, 0.2) is 6.10 Å². The maximum atomic E-state index is 13.9. The molecule has 35 heavy (non-hydrogen) atoms. The van der Waals surface area contributed by atoms with Crippen LogP contribution in [0.15, 0.2) is 97.1 Å². The first-order valence-corrected chi connectivity index (χ1v) is 11.2. The van der Waals surface area contributed by atoms with Crippen molar-refractivity contribution in [2.75, 3.05) is 9.96 Å². The summed E-state index contributed by atoms with van der Waals surface area (Å²) < 4.78 is 0. The molecule has 0 saturated carbocycles.